The molecule has 2 N–H and O–H groups in total. The molecule has 0 amide bonds. The smallest absolute Gasteiger partial charge is 0.230 e. The van der Waals surface area contributed by atoms with E-state index >= 15 is 0 Å². The maximum absolute atomic E-state index is 6.41. The van der Waals surface area contributed by atoms with Crippen molar-refractivity contribution in [1.82, 2.24) is 10.1 Å². The van der Waals surface area contributed by atoms with E-state index in [1.165, 1.54) is 32.1 Å². The van der Waals surface area contributed by atoms with Crippen molar-refractivity contribution in [3.63, 3.8) is 0 Å². The number of fused-ring (bicyclic) bond motifs is 5. The summed E-state index contributed by atoms with van der Waals surface area (Å²) in [5, 5.41) is 4.22. The highest BCUT2D eigenvalue weighted by atomic mass is 16.5. The van der Waals surface area contributed by atoms with Crippen LogP contribution in [-0.2, 0) is 5.54 Å². The minimum Gasteiger partial charge on any atom is -0.339 e. The zero-order valence-electron chi connectivity index (χ0n) is 11.2. The Hall–Kier alpha value is -0.900. The van der Waals surface area contributed by atoms with Gasteiger partial charge in [-0.25, -0.2) is 0 Å². The van der Waals surface area contributed by atoms with Crippen LogP contribution in [0.4, 0.5) is 0 Å². The maximum Gasteiger partial charge on any atom is 0.230 e. The third kappa shape index (κ3) is 1.33. The van der Waals surface area contributed by atoms with Gasteiger partial charge in [-0.3, -0.25) is 0 Å². The fraction of sp³-hybridized carbons (Fsp3) is 0.867. The summed E-state index contributed by atoms with van der Waals surface area (Å²) in [6.07, 6.45) is 8.74. The Bertz CT molecular complexity index is 503. The summed E-state index contributed by atoms with van der Waals surface area (Å²) < 4.78 is 5.59. The fourth-order valence-electron chi connectivity index (χ4n) is 5.46. The van der Waals surface area contributed by atoms with E-state index in [0.29, 0.717) is 5.92 Å². The number of hydrogen-bond acceptors (Lipinski definition) is 4. The topological polar surface area (TPSA) is 64.9 Å². The summed E-state index contributed by atoms with van der Waals surface area (Å²) in [7, 11) is 0. The van der Waals surface area contributed by atoms with E-state index in [1.807, 2.05) is 0 Å². The average molecular weight is 259 g/mol. The predicted molar refractivity (Wildman–Crippen MR) is 69.2 cm³/mol. The van der Waals surface area contributed by atoms with E-state index in [-0.39, 0.29) is 5.54 Å². The van der Waals surface area contributed by atoms with Gasteiger partial charge in [0, 0.05) is 5.92 Å². The average Bonchev–Trinajstić information content (AvgIpc) is 2.96. The molecule has 0 aromatic carbocycles. The molecular formula is C15H21N3O. The third-order valence-corrected chi connectivity index (χ3v) is 6.40. The van der Waals surface area contributed by atoms with Gasteiger partial charge < -0.3 is 10.3 Å². The number of nitrogens with zero attached hydrogens (tertiary/aromatic N) is 2. The second-order valence-corrected chi connectivity index (χ2v) is 7.33. The van der Waals surface area contributed by atoms with Gasteiger partial charge in [-0.05, 0) is 55.8 Å². The molecule has 4 atom stereocenters. The van der Waals surface area contributed by atoms with Gasteiger partial charge in [-0.15, -0.1) is 0 Å². The van der Waals surface area contributed by atoms with Gasteiger partial charge in [0.25, 0.3) is 0 Å². The summed E-state index contributed by atoms with van der Waals surface area (Å²) in [5.41, 5.74) is 6.11. The zero-order chi connectivity index (χ0) is 12.6. The molecule has 4 nitrogen and oxygen atoms in total. The Balaban J connectivity index is 1.42. The first-order valence-electron chi connectivity index (χ1n) is 7.89. The Labute approximate surface area is 113 Å². The van der Waals surface area contributed by atoms with Crippen LogP contribution in [0.1, 0.15) is 62.6 Å². The van der Waals surface area contributed by atoms with E-state index in [4.69, 9.17) is 15.2 Å². The van der Waals surface area contributed by atoms with Gasteiger partial charge in [0.05, 0.1) is 5.54 Å². The van der Waals surface area contributed by atoms with Gasteiger partial charge in [0.1, 0.15) is 0 Å². The van der Waals surface area contributed by atoms with Gasteiger partial charge in [-0.2, -0.15) is 4.98 Å². The first kappa shape index (κ1) is 10.8. The van der Waals surface area contributed by atoms with Crippen LogP contribution in [-0.4, -0.2) is 10.1 Å². The Kier molecular flexibility index (Phi) is 1.94. The molecule has 4 aliphatic carbocycles. The molecule has 19 heavy (non-hydrogen) atoms. The van der Waals surface area contributed by atoms with Gasteiger partial charge in [0.2, 0.25) is 5.89 Å². The molecule has 1 heterocycles. The fourth-order valence-corrected chi connectivity index (χ4v) is 5.46. The quantitative estimate of drug-likeness (QED) is 0.886. The molecule has 4 aliphatic rings. The molecule has 2 bridgehead atoms. The summed E-state index contributed by atoms with van der Waals surface area (Å²) in [6.45, 7) is 0. The van der Waals surface area contributed by atoms with Gasteiger partial charge in [-0.1, -0.05) is 18.0 Å². The molecule has 1 aromatic rings. The molecule has 0 saturated heterocycles. The Morgan fingerprint density at radius 1 is 1.11 bits per heavy atom. The van der Waals surface area contributed by atoms with Crippen molar-refractivity contribution < 1.29 is 4.52 Å². The van der Waals surface area contributed by atoms with Gasteiger partial charge >= 0.3 is 0 Å². The lowest BCUT2D eigenvalue weighted by Gasteiger charge is -2.17. The summed E-state index contributed by atoms with van der Waals surface area (Å²) in [5.74, 6) is 5.89. The highest BCUT2D eigenvalue weighted by Gasteiger charge is 2.67. The number of hydrogen-bond donors (Lipinski definition) is 1. The third-order valence-electron chi connectivity index (χ3n) is 6.40. The molecule has 4 unspecified atom stereocenters. The van der Waals surface area contributed by atoms with Crippen molar-refractivity contribution in [3.05, 3.63) is 11.7 Å². The van der Waals surface area contributed by atoms with Crippen LogP contribution in [0.2, 0.25) is 0 Å². The van der Waals surface area contributed by atoms with Crippen LogP contribution in [0.3, 0.4) is 0 Å². The predicted octanol–water partition coefficient (Wildman–Crippen LogP) is 2.56. The zero-order valence-corrected chi connectivity index (χ0v) is 11.2. The summed E-state index contributed by atoms with van der Waals surface area (Å²) >= 11 is 0. The standard InChI is InChI=1S/C15H21N3O/c16-15(5-1-2-6-15)14-17-13(19-18-14)12-10-8-3-4-9(7-8)11(10)12/h8-12H,1-7,16H2. The van der Waals surface area contributed by atoms with E-state index < -0.39 is 0 Å². The Morgan fingerprint density at radius 3 is 2.47 bits per heavy atom. The lowest BCUT2D eigenvalue weighted by Crippen LogP contribution is -2.34. The second kappa shape index (κ2) is 3.40. The molecule has 0 spiro atoms. The molecule has 0 aliphatic heterocycles. The summed E-state index contributed by atoms with van der Waals surface area (Å²) in [6, 6.07) is 0. The van der Waals surface area contributed by atoms with Crippen LogP contribution < -0.4 is 5.73 Å². The van der Waals surface area contributed by atoms with Crippen LogP contribution in [0, 0.1) is 23.7 Å². The minimum absolute atomic E-state index is 0.301. The van der Waals surface area contributed by atoms with Crippen LogP contribution in [0.15, 0.2) is 4.52 Å². The first-order valence-corrected chi connectivity index (χ1v) is 7.89. The largest absolute Gasteiger partial charge is 0.339 e. The summed E-state index contributed by atoms with van der Waals surface area (Å²) in [4.78, 5) is 4.70. The number of rotatable bonds is 2. The van der Waals surface area contributed by atoms with Gasteiger partial charge in [0.15, 0.2) is 5.82 Å². The number of aromatic nitrogens is 2. The lowest BCUT2D eigenvalue weighted by molar-refractivity contribution is 0.336. The minimum atomic E-state index is -0.301. The molecule has 1 aromatic heterocycles. The normalized spacial score (nSPS) is 45.6. The van der Waals surface area contributed by atoms with Crippen LogP contribution in [0.5, 0.6) is 0 Å². The molecule has 4 fully saturated rings. The SMILES string of the molecule is NC1(c2noc(C3C4C5CCC(C5)C34)n2)CCCC1. The number of nitrogens with two attached hydrogens (primary N) is 1. The second-order valence-electron chi connectivity index (χ2n) is 7.33. The lowest BCUT2D eigenvalue weighted by atomic mass is 9.98. The van der Waals surface area contributed by atoms with Crippen molar-refractivity contribution in [2.45, 2.75) is 56.4 Å². The maximum atomic E-state index is 6.41. The van der Waals surface area contributed by atoms with Crippen molar-refractivity contribution in [2.24, 2.45) is 29.4 Å². The van der Waals surface area contributed by atoms with Crippen molar-refractivity contribution in [1.29, 1.82) is 0 Å². The highest BCUT2D eigenvalue weighted by Crippen LogP contribution is 2.72. The monoisotopic (exact) mass is 259 g/mol. The molecule has 102 valence electrons. The molecule has 0 radical (unpaired) electrons. The molecule has 4 heteroatoms. The van der Waals surface area contributed by atoms with Crippen molar-refractivity contribution >= 4 is 0 Å². The van der Waals surface area contributed by atoms with Crippen LogP contribution in [0.25, 0.3) is 0 Å². The first-order chi connectivity index (χ1) is 9.26. The molecule has 5 rings (SSSR count). The Morgan fingerprint density at radius 2 is 1.79 bits per heavy atom. The van der Waals surface area contributed by atoms with Crippen molar-refractivity contribution in [2.75, 3.05) is 0 Å². The molecular weight excluding hydrogens is 238 g/mol. The van der Waals surface area contributed by atoms with E-state index in [9.17, 15) is 0 Å². The van der Waals surface area contributed by atoms with Crippen LogP contribution >= 0.6 is 0 Å². The van der Waals surface area contributed by atoms with E-state index in [1.54, 1.807) is 0 Å². The molecule has 4 saturated carbocycles. The highest BCUT2D eigenvalue weighted by molar-refractivity contribution is 5.23. The van der Waals surface area contributed by atoms with Crippen molar-refractivity contribution in [3.8, 4) is 0 Å². The van der Waals surface area contributed by atoms with E-state index in [0.717, 1.165) is 48.2 Å². The van der Waals surface area contributed by atoms with E-state index in [2.05, 4.69) is 5.16 Å².